The van der Waals surface area contributed by atoms with E-state index in [1.165, 1.54) is 18.0 Å². The molecule has 2 rings (SSSR count). The van der Waals surface area contributed by atoms with E-state index in [2.05, 4.69) is 15.8 Å². The number of hydrogen-bond acceptors (Lipinski definition) is 5. The van der Waals surface area contributed by atoms with Crippen molar-refractivity contribution in [2.24, 2.45) is 0 Å². The van der Waals surface area contributed by atoms with E-state index in [0.717, 1.165) is 12.1 Å². The van der Waals surface area contributed by atoms with Gasteiger partial charge in [-0.2, -0.15) is 13.2 Å². The van der Waals surface area contributed by atoms with Crippen molar-refractivity contribution in [2.45, 2.75) is 32.4 Å². The van der Waals surface area contributed by atoms with Gasteiger partial charge < -0.3 is 9.84 Å². The molecule has 0 radical (unpaired) electrons. The van der Waals surface area contributed by atoms with Crippen LogP contribution in [-0.2, 0) is 21.2 Å². The summed E-state index contributed by atoms with van der Waals surface area (Å²) in [7, 11) is 1.52. The average Bonchev–Trinajstić information content (AvgIpc) is 3.03. The Bertz CT molecular complexity index is 922. The quantitative estimate of drug-likeness (QED) is 0.696. The Morgan fingerprint density at radius 1 is 1.10 bits per heavy atom. The molecule has 0 unspecified atom stereocenters. The zero-order valence-corrected chi connectivity index (χ0v) is 17.6. The number of carbonyl (C=O) groups excluding carboxylic acids is 2. The Kier molecular flexibility index (Phi) is 7.14. The van der Waals surface area contributed by atoms with Crippen LogP contribution in [0.5, 0.6) is 0 Å². The summed E-state index contributed by atoms with van der Waals surface area (Å²) >= 11 is 5.55. The van der Waals surface area contributed by atoms with Crippen molar-refractivity contribution >= 4 is 35.0 Å². The standard InChI is InChI=1S/C19H22ClF3N4O3/c1-18(2,3)14-8-17(30-26-14)25-16(29)10-27(4)9-15(28)24-11-5-6-13(20)12(7-11)19(21,22)23/h5-8H,9-10H2,1-4H3,(H,24,28)(H,25,29). The van der Waals surface area contributed by atoms with Crippen LogP contribution >= 0.6 is 11.6 Å². The van der Waals surface area contributed by atoms with Gasteiger partial charge in [0.2, 0.25) is 17.7 Å². The summed E-state index contributed by atoms with van der Waals surface area (Å²) in [6.07, 6.45) is -4.64. The highest BCUT2D eigenvalue weighted by Gasteiger charge is 2.33. The Morgan fingerprint density at radius 2 is 1.70 bits per heavy atom. The first-order chi connectivity index (χ1) is 13.8. The van der Waals surface area contributed by atoms with Gasteiger partial charge in [-0.25, -0.2) is 0 Å². The maximum absolute atomic E-state index is 12.9. The van der Waals surface area contributed by atoms with Gasteiger partial charge >= 0.3 is 6.18 Å². The van der Waals surface area contributed by atoms with Gasteiger partial charge in [-0.05, 0) is 25.2 Å². The molecule has 0 aliphatic rings. The highest BCUT2D eigenvalue weighted by Crippen LogP contribution is 2.36. The highest BCUT2D eigenvalue weighted by atomic mass is 35.5. The zero-order valence-electron chi connectivity index (χ0n) is 16.9. The first kappa shape index (κ1) is 23.7. The largest absolute Gasteiger partial charge is 0.417 e. The highest BCUT2D eigenvalue weighted by molar-refractivity contribution is 6.31. The molecule has 0 aliphatic carbocycles. The average molecular weight is 447 g/mol. The summed E-state index contributed by atoms with van der Waals surface area (Å²) in [5.74, 6) is -0.841. The summed E-state index contributed by atoms with van der Waals surface area (Å²) in [5.41, 5.74) is -0.663. The number of nitrogens with zero attached hydrogens (tertiary/aromatic N) is 2. The summed E-state index contributed by atoms with van der Waals surface area (Å²) < 4.78 is 43.8. The molecule has 0 spiro atoms. The van der Waals surface area contributed by atoms with Crippen LogP contribution in [0.1, 0.15) is 32.0 Å². The van der Waals surface area contributed by atoms with Crippen molar-refractivity contribution in [2.75, 3.05) is 30.8 Å². The molecule has 0 saturated carbocycles. The van der Waals surface area contributed by atoms with Gasteiger partial charge in [0.1, 0.15) is 0 Å². The van der Waals surface area contributed by atoms with Gasteiger partial charge in [0.25, 0.3) is 0 Å². The molecule has 2 amide bonds. The van der Waals surface area contributed by atoms with E-state index >= 15 is 0 Å². The van der Waals surface area contributed by atoms with Crippen molar-refractivity contribution in [1.29, 1.82) is 0 Å². The Morgan fingerprint density at radius 3 is 2.23 bits per heavy atom. The summed E-state index contributed by atoms with van der Waals surface area (Å²) in [6, 6.07) is 4.69. The smallest absolute Gasteiger partial charge is 0.338 e. The zero-order chi connectivity index (χ0) is 22.7. The second-order valence-corrected chi connectivity index (χ2v) is 8.19. The molecular formula is C19H22ClF3N4O3. The number of alkyl halides is 3. The third-order valence-electron chi connectivity index (χ3n) is 3.92. The minimum Gasteiger partial charge on any atom is -0.338 e. The first-order valence-corrected chi connectivity index (χ1v) is 9.25. The molecule has 7 nitrogen and oxygen atoms in total. The minimum atomic E-state index is -4.64. The lowest BCUT2D eigenvalue weighted by Gasteiger charge is -2.16. The lowest BCUT2D eigenvalue weighted by molar-refractivity contribution is -0.137. The fourth-order valence-electron chi connectivity index (χ4n) is 2.43. The van der Waals surface area contributed by atoms with Crippen molar-refractivity contribution in [3.63, 3.8) is 0 Å². The lowest BCUT2D eigenvalue weighted by atomic mass is 9.92. The second-order valence-electron chi connectivity index (χ2n) is 7.79. The molecule has 2 N–H and O–H groups in total. The van der Waals surface area contributed by atoms with Gasteiger partial charge in [-0.15, -0.1) is 0 Å². The van der Waals surface area contributed by atoms with Gasteiger partial charge in [0.05, 0.1) is 29.4 Å². The van der Waals surface area contributed by atoms with Crippen LogP contribution in [0, 0.1) is 0 Å². The van der Waals surface area contributed by atoms with Gasteiger partial charge in [-0.1, -0.05) is 37.5 Å². The molecular weight excluding hydrogens is 425 g/mol. The molecule has 164 valence electrons. The van der Waals surface area contributed by atoms with Crippen LogP contribution < -0.4 is 10.6 Å². The van der Waals surface area contributed by atoms with Crippen LogP contribution in [0.15, 0.2) is 28.8 Å². The molecule has 0 saturated heterocycles. The number of benzene rings is 1. The molecule has 2 aromatic rings. The normalized spacial score (nSPS) is 12.2. The summed E-state index contributed by atoms with van der Waals surface area (Å²) in [6.45, 7) is 5.47. The van der Waals surface area contributed by atoms with Crippen LogP contribution in [-0.4, -0.2) is 42.0 Å². The number of amides is 2. The van der Waals surface area contributed by atoms with Crippen LogP contribution in [0.3, 0.4) is 0 Å². The number of halogens is 4. The second kappa shape index (κ2) is 9.05. The maximum Gasteiger partial charge on any atom is 0.417 e. The molecule has 0 aliphatic heterocycles. The van der Waals surface area contributed by atoms with Gasteiger partial charge in [0, 0.05) is 17.2 Å². The predicted molar refractivity (Wildman–Crippen MR) is 106 cm³/mol. The summed E-state index contributed by atoms with van der Waals surface area (Å²) in [4.78, 5) is 25.6. The molecule has 11 heteroatoms. The maximum atomic E-state index is 12.9. The number of rotatable bonds is 6. The Hall–Kier alpha value is -2.59. The topological polar surface area (TPSA) is 87.5 Å². The number of carbonyl (C=O) groups is 2. The third-order valence-corrected chi connectivity index (χ3v) is 4.25. The van der Waals surface area contributed by atoms with Gasteiger partial charge in [-0.3, -0.25) is 19.8 Å². The first-order valence-electron chi connectivity index (χ1n) is 8.88. The molecule has 30 heavy (non-hydrogen) atoms. The van der Waals surface area contributed by atoms with E-state index in [1.807, 2.05) is 20.8 Å². The van der Waals surface area contributed by atoms with Crippen molar-refractivity contribution < 1.29 is 27.3 Å². The van der Waals surface area contributed by atoms with Crippen molar-refractivity contribution in [3.8, 4) is 0 Å². The van der Waals surface area contributed by atoms with Crippen LogP contribution in [0.2, 0.25) is 5.02 Å². The fourth-order valence-corrected chi connectivity index (χ4v) is 2.66. The molecule has 1 aromatic carbocycles. The molecule has 1 heterocycles. The number of nitrogens with one attached hydrogen (secondary N) is 2. The SMILES string of the molecule is CN(CC(=O)Nc1ccc(Cl)c(C(F)(F)F)c1)CC(=O)Nc1cc(C(C)(C)C)no1. The summed E-state index contributed by atoms with van der Waals surface area (Å²) in [5, 5.41) is 8.32. The molecule has 1 aromatic heterocycles. The lowest BCUT2D eigenvalue weighted by Crippen LogP contribution is -2.36. The van der Waals surface area contributed by atoms with E-state index in [1.54, 1.807) is 6.07 Å². The Labute approximate surface area is 176 Å². The number of anilines is 2. The Balaban J connectivity index is 1.89. The number of hydrogen-bond donors (Lipinski definition) is 2. The van der Waals surface area contributed by atoms with E-state index in [4.69, 9.17) is 16.1 Å². The van der Waals surface area contributed by atoms with Crippen LogP contribution in [0.4, 0.5) is 24.7 Å². The number of aromatic nitrogens is 1. The number of likely N-dealkylation sites (N-methyl/N-ethyl adjacent to an activating group) is 1. The van der Waals surface area contributed by atoms with Crippen LogP contribution in [0.25, 0.3) is 0 Å². The van der Waals surface area contributed by atoms with E-state index in [-0.39, 0.29) is 30.1 Å². The van der Waals surface area contributed by atoms with E-state index in [0.29, 0.717) is 5.69 Å². The molecule has 0 fully saturated rings. The third kappa shape index (κ3) is 6.74. The predicted octanol–water partition coefficient (Wildman–Crippen LogP) is 4.15. The molecule has 0 atom stereocenters. The van der Waals surface area contributed by atoms with E-state index < -0.39 is 28.6 Å². The van der Waals surface area contributed by atoms with Gasteiger partial charge in [0.15, 0.2) is 0 Å². The van der Waals surface area contributed by atoms with Crippen molar-refractivity contribution in [1.82, 2.24) is 10.1 Å². The monoisotopic (exact) mass is 446 g/mol. The fraction of sp³-hybridized carbons (Fsp3) is 0.421. The minimum absolute atomic E-state index is 0.0500. The van der Waals surface area contributed by atoms with Crippen molar-refractivity contribution in [3.05, 3.63) is 40.5 Å². The molecule has 0 bridgehead atoms. The van der Waals surface area contributed by atoms with E-state index in [9.17, 15) is 22.8 Å².